The second kappa shape index (κ2) is 5.85. The first-order valence-corrected chi connectivity index (χ1v) is 8.41. The van der Waals surface area contributed by atoms with Crippen LogP contribution in [0.5, 0.6) is 0 Å². The zero-order chi connectivity index (χ0) is 15.6. The summed E-state index contributed by atoms with van der Waals surface area (Å²) in [5.41, 5.74) is 1.58. The van der Waals surface area contributed by atoms with Crippen LogP contribution in [0.3, 0.4) is 0 Å². The highest BCUT2D eigenvalue weighted by Crippen LogP contribution is 2.24. The van der Waals surface area contributed by atoms with Gasteiger partial charge >= 0.3 is 5.97 Å². The maximum absolute atomic E-state index is 11.6. The second-order valence-electron chi connectivity index (χ2n) is 5.25. The molecule has 1 aliphatic rings. The van der Waals surface area contributed by atoms with Gasteiger partial charge in [0.2, 0.25) is 0 Å². The number of sulfone groups is 1. The summed E-state index contributed by atoms with van der Waals surface area (Å²) in [6.07, 6.45) is 4.73. The molecule has 114 valence electrons. The molecule has 2 heterocycles. The fourth-order valence-corrected chi connectivity index (χ4v) is 4.25. The van der Waals surface area contributed by atoms with Gasteiger partial charge in [-0.2, -0.15) is 0 Å². The van der Waals surface area contributed by atoms with Crippen molar-refractivity contribution in [3.63, 3.8) is 0 Å². The normalized spacial score (nSPS) is 20.8. The van der Waals surface area contributed by atoms with Gasteiger partial charge in [-0.3, -0.25) is 0 Å². The monoisotopic (exact) mass is 310 g/mol. The fraction of sp³-hybridized carbons (Fsp3) is 0.429. The molecule has 6 nitrogen and oxygen atoms in total. The summed E-state index contributed by atoms with van der Waals surface area (Å²) in [6.45, 7) is 1.88. The van der Waals surface area contributed by atoms with E-state index in [2.05, 4.69) is 4.98 Å². The number of aryl methyl sites for hydroxylation is 1. The van der Waals surface area contributed by atoms with Crippen molar-refractivity contribution < 1.29 is 18.3 Å². The van der Waals surface area contributed by atoms with Gasteiger partial charge in [0, 0.05) is 25.4 Å². The average Bonchev–Trinajstić information content (AvgIpc) is 2.76. The minimum Gasteiger partial charge on any atom is -0.478 e. The Balaban J connectivity index is 2.19. The Bertz CT molecular complexity index is 682. The van der Waals surface area contributed by atoms with Gasteiger partial charge in [-0.25, -0.2) is 18.2 Å². The number of anilines is 1. The molecule has 0 bridgehead atoms. The summed E-state index contributed by atoms with van der Waals surface area (Å²) in [7, 11) is -1.09. The van der Waals surface area contributed by atoms with E-state index in [9.17, 15) is 13.2 Å². The Kier molecular flexibility index (Phi) is 4.32. The van der Waals surface area contributed by atoms with Crippen LogP contribution < -0.4 is 4.90 Å². The van der Waals surface area contributed by atoms with Crippen LogP contribution in [0.1, 0.15) is 17.5 Å². The summed E-state index contributed by atoms with van der Waals surface area (Å²) in [5, 5.41) is 8.61. The fourth-order valence-electron chi connectivity index (χ4n) is 2.47. The first-order chi connectivity index (χ1) is 9.78. The van der Waals surface area contributed by atoms with Crippen LogP contribution >= 0.6 is 0 Å². The van der Waals surface area contributed by atoms with Gasteiger partial charge in [0.05, 0.1) is 11.5 Å². The molecule has 1 fully saturated rings. The SMILES string of the molecule is Cc1cc(/C=C/C(=O)O)cnc1N(C)C1CCS(=O)(=O)C1. The number of nitrogens with zero attached hydrogens (tertiary/aromatic N) is 2. The Labute approximate surface area is 124 Å². The van der Waals surface area contributed by atoms with Crippen molar-refractivity contribution in [3.05, 3.63) is 29.5 Å². The molecule has 1 aromatic heterocycles. The summed E-state index contributed by atoms with van der Waals surface area (Å²) in [4.78, 5) is 16.7. The van der Waals surface area contributed by atoms with E-state index in [0.717, 1.165) is 17.5 Å². The third-order valence-corrected chi connectivity index (χ3v) is 5.33. The highest BCUT2D eigenvalue weighted by atomic mass is 32.2. The van der Waals surface area contributed by atoms with Crippen LogP contribution in [0.25, 0.3) is 6.08 Å². The van der Waals surface area contributed by atoms with Crippen molar-refractivity contribution in [1.29, 1.82) is 0 Å². The van der Waals surface area contributed by atoms with E-state index in [1.807, 2.05) is 24.9 Å². The smallest absolute Gasteiger partial charge is 0.328 e. The van der Waals surface area contributed by atoms with Crippen LogP contribution in [0.2, 0.25) is 0 Å². The first kappa shape index (κ1) is 15.5. The molecule has 1 unspecified atom stereocenters. The molecule has 0 saturated carbocycles. The molecule has 0 spiro atoms. The maximum atomic E-state index is 11.6. The molecule has 0 aliphatic carbocycles. The standard InChI is InChI=1S/C14H18N2O4S/c1-10-7-11(3-4-13(17)18)8-15-14(10)16(2)12-5-6-21(19,20)9-12/h3-4,7-8,12H,5-6,9H2,1-2H3,(H,17,18)/b4-3+. The third-order valence-electron chi connectivity index (χ3n) is 3.58. The largest absolute Gasteiger partial charge is 0.478 e. The lowest BCUT2D eigenvalue weighted by atomic mass is 10.1. The number of carboxylic acids is 1. The first-order valence-electron chi connectivity index (χ1n) is 6.59. The minimum absolute atomic E-state index is 0.0541. The topological polar surface area (TPSA) is 87.6 Å². The minimum atomic E-state index is -2.93. The van der Waals surface area contributed by atoms with Crippen LogP contribution in [0.15, 0.2) is 18.3 Å². The number of carbonyl (C=O) groups is 1. The number of pyridine rings is 1. The van der Waals surface area contributed by atoms with E-state index in [1.165, 1.54) is 6.08 Å². The highest BCUT2D eigenvalue weighted by molar-refractivity contribution is 7.91. The quantitative estimate of drug-likeness (QED) is 0.838. The zero-order valence-electron chi connectivity index (χ0n) is 12.0. The van der Waals surface area contributed by atoms with E-state index in [1.54, 1.807) is 6.20 Å². The van der Waals surface area contributed by atoms with Gasteiger partial charge in [0.15, 0.2) is 9.84 Å². The highest BCUT2D eigenvalue weighted by Gasteiger charge is 2.31. The predicted octanol–water partition coefficient (Wildman–Crippen LogP) is 1.11. The summed E-state index contributed by atoms with van der Waals surface area (Å²) < 4.78 is 23.1. The van der Waals surface area contributed by atoms with Crippen molar-refractivity contribution in [1.82, 2.24) is 4.98 Å². The number of aliphatic carboxylic acids is 1. The van der Waals surface area contributed by atoms with Crippen molar-refractivity contribution in [2.45, 2.75) is 19.4 Å². The lowest BCUT2D eigenvalue weighted by Gasteiger charge is -2.26. The second-order valence-corrected chi connectivity index (χ2v) is 7.48. The Hall–Kier alpha value is -1.89. The van der Waals surface area contributed by atoms with Gasteiger partial charge in [-0.1, -0.05) is 0 Å². The van der Waals surface area contributed by atoms with Gasteiger partial charge in [-0.15, -0.1) is 0 Å². The molecular formula is C14H18N2O4S. The molecule has 1 aliphatic heterocycles. The van der Waals surface area contributed by atoms with Gasteiger partial charge in [0.1, 0.15) is 5.82 Å². The molecule has 0 radical (unpaired) electrons. The summed E-state index contributed by atoms with van der Waals surface area (Å²) >= 11 is 0. The lowest BCUT2D eigenvalue weighted by Crippen LogP contribution is -2.33. The van der Waals surface area contributed by atoms with Gasteiger partial charge in [-0.05, 0) is 36.6 Å². The summed E-state index contributed by atoms with van der Waals surface area (Å²) in [5.74, 6) is 0.0979. The molecule has 21 heavy (non-hydrogen) atoms. The molecule has 7 heteroatoms. The maximum Gasteiger partial charge on any atom is 0.328 e. The molecule has 1 N–H and O–H groups in total. The number of carboxylic acid groups (broad SMARTS) is 1. The van der Waals surface area contributed by atoms with Crippen molar-refractivity contribution in [2.75, 3.05) is 23.5 Å². The predicted molar refractivity (Wildman–Crippen MR) is 81.1 cm³/mol. The van der Waals surface area contributed by atoms with Crippen LogP contribution in [-0.4, -0.2) is 49.1 Å². The molecule has 1 atom stereocenters. The number of hydrogen-bond acceptors (Lipinski definition) is 5. The van der Waals surface area contributed by atoms with E-state index in [4.69, 9.17) is 5.11 Å². The molecule has 0 aromatic carbocycles. The molecular weight excluding hydrogens is 292 g/mol. The molecule has 1 saturated heterocycles. The molecule has 2 rings (SSSR count). The zero-order valence-corrected chi connectivity index (χ0v) is 12.8. The van der Waals surface area contributed by atoms with Crippen LogP contribution in [0.4, 0.5) is 5.82 Å². The van der Waals surface area contributed by atoms with E-state index < -0.39 is 15.8 Å². The van der Waals surface area contributed by atoms with Crippen LogP contribution in [-0.2, 0) is 14.6 Å². The Morgan fingerprint density at radius 2 is 2.24 bits per heavy atom. The number of rotatable bonds is 4. The Morgan fingerprint density at radius 3 is 2.76 bits per heavy atom. The van der Waals surface area contributed by atoms with Gasteiger partial charge < -0.3 is 10.0 Å². The average molecular weight is 310 g/mol. The van der Waals surface area contributed by atoms with E-state index in [-0.39, 0.29) is 17.5 Å². The number of aromatic nitrogens is 1. The van der Waals surface area contributed by atoms with E-state index >= 15 is 0 Å². The third kappa shape index (κ3) is 3.81. The van der Waals surface area contributed by atoms with Crippen molar-refractivity contribution in [3.8, 4) is 0 Å². The van der Waals surface area contributed by atoms with E-state index in [0.29, 0.717) is 12.0 Å². The summed E-state index contributed by atoms with van der Waals surface area (Å²) in [6, 6.07) is 1.78. The van der Waals surface area contributed by atoms with Gasteiger partial charge in [0.25, 0.3) is 0 Å². The Morgan fingerprint density at radius 1 is 1.52 bits per heavy atom. The van der Waals surface area contributed by atoms with Crippen molar-refractivity contribution in [2.24, 2.45) is 0 Å². The van der Waals surface area contributed by atoms with Crippen LogP contribution in [0, 0.1) is 6.92 Å². The van der Waals surface area contributed by atoms with Crippen molar-refractivity contribution >= 4 is 27.7 Å². The molecule has 1 aromatic rings. The lowest BCUT2D eigenvalue weighted by molar-refractivity contribution is -0.131. The number of hydrogen-bond donors (Lipinski definition) is 1. The molecule has 0 amide bonds.